The van der Waals surface area contributed by atoms with Crippen molar-refractivity contribution >= 4 is 45.9 Å². The molecule has 0 spiro atoms. The summed E-state index contributed by atoms with van der Waals surface area (Å²) in [5.74, 6) is -0.737. The molecule has 0 aliphatic carbocycles. The Kier molecular flexibility index (Phi) is 5.76. The first-order valence-electron chi connectivity index (χ1n) is 8.14. The minimum Gasteiger partial charge on any atom is -0.465 e. The second kappa shape index (κ2) is 8.03. The van der Waals surface area contributed by atoms with E-state index < -0.39 is 5.97 Å². The van der Waals surface area contributed by atoms with Crippen LogP contribution in [0.1, 0.15) is 26.4 Å². The van der Waals surface area contributed by atoms with E-state index in [1.54, 1.807) is 12.1 Å². The number of anilines is 1. The number of rotatable bonds is 4. The minimum absolute atomic E-state index is 0.318. The van der Waals surface area contributed by atoms with Gasteiger partial charge in [-0.2, -0.15) is 0 Å². The summed E-state index contributed by atoms with van der Waals surface area (Å²) in [6.45, 7) is 1.63. The minimum atomic E-state index is -0.419. The summed E-state index contributed by atoms with van der Waals surface area (Å²) in [6, 6.07) is 7.27. The molecule has 5 nitrogen and oxygen atoms in total. The molecular formula is C19H19ClN2O3S. The smallest absolute Gasteiger partial charge is 0.341 e. The second-order valence-electron chi connectivity index (χ2n) is 6.03. The Morgan fingerprint density at radius 3 is 2.85 bits per heavy atom. The van der Waals surface area contributed by atoms with Crippen molar-refractivity contribution in [3.63, 3.8) is 0 Å². The molecule has 2 aromatic rings. The molecule has 3 rings (SSSR count). The van der Waals surface area contributed by atoms with Crippen molar-refractivity contribution < 1.29 is 14.3 Å². The van der Waals surface area contributed by atoms with Gasteiger partial charge in [-0.05, 0) is 36.7 Å². The van der Waals surface area contributed by atoms with Gasteiger partial charge in [0.1, 0.15) is 5.00 Å². The van der Waals surface area contributed by atoms with Crippen LogP contribution in [-0.4, -0.2) is 37.5 Å². The Morgan fingerprint density at radius 2 is 2.12 bits per heavy atom. The van der Waals surface area contributed by atoms with Crippen molar-refractivity contribution in [1.29, 1.82) is 0 Å². The van der Waals surface area contributed by atoms with Crippen LogP contribution in [0.2, 0.25) is 5.02 Å². The number of methoxy groups -OCH3 is 1. The third-order valence-electron chi connectivity index (χ3n) is 4.19. The zero-order chi connectivity index (χ0) is 18.7. The maximum atomic E-state index is 12.3. The lowest BCUT2D eigenvalue weighted by Gasteiger charge is -2.22. The van der Waals surface area contributed by atoms with Crippen molar-refractivity contribution in [2.75, 3.05) is 26.0 Å². The van der Waals surface area contributed by atoms with Crippen molar-refractivity contribution in [3.8, 4) is 0 Å². The van der Waals surface area contributed by atoms with Crippen molar-refractivity contribution in [2.24, 2.45) is 0 Å². The van der Waals surface area contributed by atoms with Gasteiger partial charge in [0, 0.05) is 29.1 Å². The molecule has 136 valence electrons. The quantitative estimate of drug-likeness (QED) is 0.636. The highest BCUT2D eigenvalue weighted by Crippen LogP contribution is 2.37. The fourth-order valence-electron chi connectivity index (χ4n) is 2.87. The number of thiophene rings is 1. The predicted octanol–water partition coefficient (Wildman–Crippen LogP) is 3.83. The van der Waals surface area contributed by atoms with E-state index in [2.05, 4.69) is 10.2 Å². The number of carbonyl (C=O) groups is 2. The number of ether oxygens (including phenoxy) is 1. The Bertz CT molecular complexity index is 876. The van der Waals surface area contributed by atoms with Crippen LogP contribution >= 0.6 is 22.9 Å². The molecule has 0 atom stereocenters. The Hall–Kier alpha value is -2.15. The van der Waals surface area contributed by atoms with Gasteiger partial charge < -0.3 is 15.0 Å². The molecule has 7 heteroatoms. The highest BCUT2D eigenvalue weighted by atomic mass is 35.5. The molecule has 0 fully saturated rings. The molecule has 0 bridgehead atoms. The fraction of sp³-hybridized carbons (Fsp3) is 0.263. The van der Waals surface area contributed by atoms with Crippen LogP contribution in [-0.2, 0) is 22.5 Å². The molecule has 0 radical (unpaired) electrons. The lowest BCUT2D eigenvalue weighted by Crippen LogP contribution is -2.26. The maximum absolute atomic E-state index is 12.3. The summed E-state index contributed by atoms with van der Waals surface area (Å²) >= 11 is 7.52. The number of carbonyl (C=O) groups excluding carboxylic acids is 2. The van der Waals surface area contributed by atoms with Crippen LogP contribution in [0, 0.1) is 0 Å². The van der Waals surface area contributed by atoms with Crippen molar-refractivity contribution in [1.82, 2.24) is 4.90 Å². The number of benzene rings is 1. The predicted molar refractivity (Wildman–Crippen MR) is 105 cm³/mol. The third-order valence-corrected chi connectivity index (χ3v) is 5.67. The molecule has 1 aliphatic heterocycles. The van der Waals surface area contributed by atoms with Crippen LogP contribution in [0.5, 0.6) is 0 Å². The number of amides is 1. The zero-order valence-electron chi connectivity index (χ0n) is 14.5. The van der Waals surface area contributed by atoms with Gasteiger partial charge >= 0.3 is 5.97 Å². The molecule has 1 aromatic heterocycles. The molecule has 1 aromatic carbocycles. The first kappa shape index (κ1) is 18.6. The molecular weight excluding hydrogens is 372 g/mol. The lowest BCUT2D eigenvalue weighted by atomic mass is 10.0. The Labute approximate surface area is 161 Å². The number of esters is 1. The van der Waals surface area contributed by atoms with Gasteiger partial charge in [-0.3, -0.25) is 4.79 Å². The molecule has 0 saturated carbocycles. The molecule has 1 N–H and O–H groups in total. The molecule has 2 heterocycles. The lowest BCUT2D eigenvalue weighted by molar-refractivity contribution is -0.111. The standard InChI is InChI=1S/C19H19ClN2O3S/c1-22-10-9-13-15(11-22)26-18(17(13)19(24)25-2)21-16(23)8-7-12-5-3-4-6-14(12)20/h3-8H,9-11H2,1-2H3,(H,21,23). The summed E-state index contributed by atoms with van der Waals surface area (Å²) in [6.07, 6.45) is 3.82. The first-order valence-corrected chi connectivity index (χ1v) is 9.34. The van der Waals surface area contributed by atoms with E-state index >= 15 is 0 Å². The van der Waals surface area contributed by atoms with E-state index in [9.17, 15) is 9.59 Å². The van der Waals surface area contributed by atoms with Crippen LogP contribution in [0.4, 0.5) is 5.00 Å². The number of likely N-dealkylation sites (N-methyl/N-ethyl adjacent to an activating group) is 1. The van der Waals surface area contributed by atoms with E-state index in [1.807, 2.05) is 25.2 Å². The zero-order valence-corrected chi connectivity index (χ0v) is 16.1. The highest BCUT2D eigenvalue weighted by Gasteiger charge is 2.28. The van der Waals surface area contributed by atoms with Gasteiger partial charge in [0.05, 0.1) is 12.7 Å². The van der Waals surface area contributed by atoms with Gasteiger partial charge in [-0.25, -0.2) is 4.79 Å². The molecule has 1 amide bonds. The Balaban J connectivity index is 1.84. The summed E-state index contributed by atoms with van der Waals surface area (Å²) in [5.41, 5.74) is 2.20. The number of hydrogen-bond acceptors (Lipinski definition) is 5. The monoisotopic (exact) mass is 390 g/mol. The van der Waals surface area contributed by atoms with Crippen LogP contribution in [0.3, 0.4) is 0 Å². The van der Waals surface area contributed by atoms with Gasteiger partial charge in [-0.15, -0.1) is 11.3 Å². The van der Waals surface area contributed by atoms with Crippen molar-refractivity contribution in [3.05, 3.63) is 56.9 Å². The van der Waals surface area contributed by atoms with E-state index in [1.165, 1.54) is 24.5 Å². The van der Waals surface area contributed by atoms with Crippen LogP contribution in [0.25, 0.3) is 6.08 Å². The van der Waals surface area contributed by atoms with Crippen LogP contribution < -0.4 is 5.32 Å². The van der Waals surface area contributed by atoms with Gasteiger partial charge in [-0.1, -0.05) is 29.8 Å². The van der Waals surface area contributed by atoms with E-state index in [-0.39, 0.29) is 5.91 Å². The second-order valence-corrected chi connectivity index (χ2v) is 7.54. The molecule has 1 aliphatic rings. The van der Waals surface area contributed by atoms with Gasteiger partial charge in [0.25, 0.3) is 0 Å². The van der Waals surface area contributed by atoms with E-state index in [0.29, 0.717) is 15.6 Å². The number of nitrogens with zero attached hydrogens (tertiary/aromatic N) is 1. The topological polar surface area (TPSA) is 58.6 Å². The van der Waals surface area contributed by atoms with E-state index in [0.717, 1.165) is 35.5 Å². The normalized spacial score (nSPS) is 14.3. The molecule has 0 saturated heterocycles. The molecule has 26 heavy (non-hydrogen) atoms. The van der Waals surface area contributed by atoms with Gasteiger partial charge in [0.15, 0.2) is 0 Å². The SMILES string of the molecule is COC(=O)c1c(NC(=O)C=Cc2ccccc2Cl)sc2c1CCN(C)C2. The largest absolute Gasteiger partial charge is 0.465 e. The first-order chi connectivity index (χ1) is 12.5. The average Bonchev–Trinajstić information content (AvgIpc) is 2.97. The highest BCUT2D eigenvalue weighted by molar-refractivity contribution is 7.17. The van der Waals surface area contributed by atoms with Gasteiger partial charge in [0.2, 0.25) is 5.91 Å². The summed E-state index contributed by atoms with van der Waals surface area (Å²) in [7, 11) is 3.38. The Morgan fingerprint density at radius 1 is 1.35 bits per heavy atom. The summed E-state index contributed by atoms with van der Waals surface area (Å²) in [5, 5.41) is 3.92. The molecule has 0 unspecified atom stereocenters. The number of fused-ring (bicyclic) bond motifs is 1. The van der Waals surface area contributed by atoms with E-state index in [4.69, 9.17) is 16.3 Å². The fourth-order valence-corrected chi connectivity index (χ4v) is 4.38. The number of halogens is 1. The maximum Gasteiger partial charge on any atom is 0.341 e. The summed E-state index contributed by atoms with van der Waals surface area (Å²) < 4.78 is 4.92. The number of hydrogen-bond donors (Lipinski definition) is 1. The van der Waals surface area contributed by atoms with Crippen LogP contribution in [0.15, 0.2) is 30.3 Å². The third kappa shape index (κ3) is 3.98. The van der Waals surface area contributed by atoms with Crippen molar-refractivity contribution in [2.45, 2.75) is 13.0 Å². The number of nitrogens with one attached hydrogen (secondary N) is 1. The summed E-state index contributed by atoms with van der Waals surface area (Å²) in [4.78, 5) is 27.8. The average molecular weight is 391 g/mol.